The fourth-order valence-corrected chi connectivity index (χ4v) is 2.22. The van der Waals surface area contributed by atoms with E-state index in [1.165, 1.54) is 6.42 Å². The van der Waals surface area contributed by atoms with Gasteiger partial charge in [0.15, 0.2) is 0 Å². The SMILES string of the molecule is C[C@H]1C[C@H]1c1ccc(CNCc2ccccn2)o1. The van der Waals surface area contributed by atoms with Gasteiger partial charge in [-0.05, 0) is 36.6 Å². The van der Waals surface area contributed by atoms with Crippen molar-refractivity contribution in [2.24, 2.45) is 5.92 Å². The third-order valence-electron chi connectivity index (χ3n) is 3.49. The van der Waals surface area contributed by atoms with E-state index in [1.54, 1.807) is 0 Å². The van der Waals surface area contributed by atoms with Gasteiger partial charge in [0.05, 0.1) is 12.2 Å². The summed E-state index contributed by atoms with van der Waals surface area (Å²) in [7, 11) is 0. The number of nitrogens with one attached hydrogen (secondary N) is 1. The molecule has 1 saturated carbocycles. The summed E-state index contributed by atoms with van der Waals surface area (Å²) in [5, 5.41) is 3.35. The Hall–Kier alpha value is -1.61. The van der Waals surface area contributed by atoms with E-state index in [-0.39, 0.29) is 0 Å². The summed E-state index contributed by atoms with van der Waals surface area (Å²) in [6.45, 7) is 3.81. The molecule has 2 aromatic heterocycles. The molecule has 2 heterocycles. The van der Waals surface area contributed by atoms with E-state index in [2.05, 4.69) is 29.4 Å². The zero-order valence-electron chi connectivity index (χ0n) is 10.6. The van der Waals surface area contributed by atoms with Gasteiger partial charge in [-0.1, -0.05) is 13.0 Å². The Morgan fingerprint density at radius 2 is 2.17 bits per heavy atom. The van der Waals surface area contributed by atoms with Crippen LogP contribution in [0.4, 0.5) is 0 Å². The average Bonchev–Trinajstić information content (AvgIpc) is 2.94. The predicted molar refractivity (Wildman–Crippen MR) is 70.0 cm³/mol. The van der Waals surface area contributed by atoms with Gasteiger partial charge in [0.2, 0.25) is 0 Å². The Morgan fingerprint density at radius 3 is 2.89 bits per heavy atom. The zero-order valence-corrected chi connectivity index (χ0v) is 10.6. The number of hydrogen-bond donors (Lipinski definition) is 1. The first-order valence-corrected chi connectivity index (χ1v) is 6.52. The van der Waals surface area contributed by atoms with Crippen LogP contribution in [0.1, 0.15) is 36.5 Å². The third-order valence-corrected chi connectivity index (χ3v) is 3.49. The first-order chi connectivity index (χ1) is 8.83. The van der Waals surface area contributed by atoms with Gasteiger partial charge >= 0.3 is 0 Å². The standard InChI is InChI=1S/C15H18N2O/c1-11-8-14(11)15-6-5-13(18-15)10-16-9-12-4-2-3-7-17-12/h2-7,11,14,16H,8-10H2,1H3/t11-,14+/m0/s1. The minimum Gasteiger partial charge on any atom is -0.464 e. The topological polar surface area (TPSA) is 38.1 Å². The summed E-state index contributed by atoms with van der Waals surface area (Å²) in [4.78, 5) is 4.27. The molecular formula is C15H18N2O. The van der Waals surface area contributed by atoms with Gasteiger partial charge in [-0.25, -0.2) is 0 Å². The molecular weight excluding hydrogens is 224 g/mol. The lowest BCUT2D eigenvalue weighted by atomic mass is 10.3. The molecule has 3 nitrogen and oxygen atoms in total. The lowest BCUT2D eigenvalue weighted by Gasteiger charge is -2.01. The number of hydrogen-bond acceptors (Lipinski definition) is 3. The van der Waals surface area contributed by atoms with E-state index in [4.69, 9.17) is 4.42 Å². The van der Waals surface area contributed by atoms with Crippen molar-refractivity contribution in [3.05, 3.63) is 53.7 Å². The van der Waals surface area contributed by atoms with E-state index in [0.717, 1.165) is 36.2 Å². The number of aromatic nitrogens is 1. The van der Waals surface area contributed by atoms with Gasteiger partial charge < -0.3 is 9.73 Å². The molecule has 3 heteroatoms. The molecule has 2 aromatic rings. The van der Waals surface area contributed by atoms with Crippen LogP contribution in [0.3, 0.4) is 0 Å². The lowest BCUT2D eigenvalue weighted by Crippen LogP contribution is -2.12. The monoisotopic (exact) mass is 242 g/mol. The van der Waals surface area contributed by atoms with Crippen molar-refractivity contribution in [3.63, 3.8) is 0 Å². The number of nitrogens with zero attached hydrogens (tertiary/aromatic N) is 1. The van der Waals surface area contributed by atoms with Crippen LogP contribution in [0, 0.1) is 5.92 Å². The first kappa shape index (κ1) is 11.5. The smallest absolute Gasteiger partial charge is 0.117 e. The molecule has 1 aliphatic rings. The second-order valence-electron chi connectivity index (χ2n) is 5.05. The van der Waals surface area contributed by atoms with Crippen LogP contribution < -0.4 is 5.32 Å². The Morgan fingerprint density at radius 1 is 1.28 bits per heavy atom. The van der Waals surface area contributed by atoms with Crippen LogP contribution >= 0.6 is 0 Å². The molecule has 18 heavy (non-hydrogen) atoms. The van der Waals surface area contributed by atoms with Crippen molar-refractivity contribution >= 4 is 0 Å². The summed E-state index contributed by atoms with van der Waals surface area (Å²) in [5.41, 5.74) is 1.06. The maximum Gasteiger partial charge on any atom is 0.117 e. The molecule has 0 spiro atoms. The third kappa shape index (κ3) is 2.62. The van der Waals surface area contributed by atoms with Crippen molar-refractivity contribution in [3.8, 4) is 0 Å². The largest absolute Gasteiger partial charge is 0.464 e. The second-order valence-corrected chi connectivity index (χ2v) is 5.05. The highest BCUT2D eigenvalue weighted by molar-refractivity contribution is 5.17. The molecule has 3 rings (SSSR count). The Kier molecular flexibility index (Phi) is 3.15. The van der Waals surface area contributed by atoms with Crippen LogP contribution in [0.5, 0.6) is 0 Å². The van der Waals surface area contributed by atoms with Gasteiger partial charge in [-0.15, -0.1) is 0 Å². The summed E-state index contributed by atoms with van der Waals surface area (Å²) >= 11 is 0. The Balaban J connectivity index is 1.50. The highest BCUT2D eigenvalue weighted by atomic mass is 16.3. The first-order valence-electron chi connectivity index (χ1n) is 6.52. The molecule has 0 aliphatic heterocycles. The molecule has 0 radical (unpaired) electrons. The molecule has 94 valence electrons. The van der Waals surface area contributed by atoms with Crippen molar-refractivity contribution < 1.29 is 4.42 Å². The van der Waals surface area contributed by atoms with Gasteiger partial charge in [0.25, 0.3) is 0 Å². The van der Waals surface area contributed by atoms with Gasteiger partial charge in [0, 0.05) is 18.7 Å². The van der Waals surface area contributed by atoms with Crippen LogP contribution in [0.2, 0.25) is 0 Å². The fourth-order valence-electron chi connectivity index (χ4n) is 2.22. The molecule has 2 atom stereocenters. The summed E-state index contributed by atoms with van der Waals surface area (Å²) in [5.74, 6) is 3.62. The summed E-state index contributed by atoms with van der Waals surface area (Å²) in [6, 6.07) is 10.1. The minimum atomic E-state index is 0.662. The highest BCUT2D eigenvalue weighted by Crippen LogP contribution is 2.47. The summed E-state index contributed by atoms with van der Waals surface area (Å²) < 4.78 is 5.83. The maximum absolute atomic E-state index is 5.83. The van der Waals surface area contributed by atoms with Crippen molar-refractivity contribution in [2.75, 3.05) is 0 Å². The van der Waals surface area contributed by atoms with Crippen molar-refractivity contribution in [1.29, 1.82) is 0 Å². The van der Waals surface area contributed by atoms with E-state index >= 15 is 0 Å². The normalized spacial score (nSPS) is 22.1. The molecule has 0 saturated heterocycles. The maximum atomic E-state index is 5.83. The second kappa shape index (κ2) is 4.94. The van der Waals surface area contributed by atoms with Crippen molar-refractivity contribution in [1.82, 2.24) is 10.3 Å². The number of rotatable bonds is 5. The Bertz CT molecular complexity index is 506. The van der Waals surface area contributed by atoms with E-state index in [9.17, 15) is 0 Å². The highest BCUT2D eigenvalue weighted by Gasteiger charge is 2.36. The fraction of sp³-hybridized carbons (Fsp3) is 0.400. The zero-order chi connectivity index (χ0) is 12.4. The molecule has 1 N–H and O–H groups in total. The number of furan rings is 1. The molecule has 1 fully saturated rings. The quantitative estimate of drug-likeness (QED) is 0.875. The lowest BCUT2D eigenvalue weighted by molar-refractivity contribution is 0.443. The van der Waals surface area contributed by atoms with Crippen LogP contribution in [-0.4, -0.2) is 4.98 Å². The van der Waals surface area contributed by atoms with Crippen LogP contribution in [0.25, 0.3) is 0 Å². The predicted octanol–water partition coefficient (Wildman–Crippen LogP) is 3.09. The van der Waals surface area contributed by atoms with Gasteiger partial charge in [-0.3, -0.25) is 4.98 Å². The minimum absolute atomic E-state index is 0.662. The van der Waals surface area contributed by atoms with Gasteiger partial charge in [-0.2, -0.15) is 0 Å². The molecule has 0 unspecified atom stereocenters. The van der Waals surface area contributed by atoms with Crippen LogP contribution in [0.15, 0.2) is 40.9 Å². The van der Waals surface area contributed by atoms with E-state index in [1.807, 2.05) is 24.4 Å². The van der Waals surface area contributed by atoms with E-state index in [0.29, 0.717) is 5.92 Å². The Labute approximate surface area is 107 Å². The molecule has 0 bridgehead atoms. The summed E-state index contributed by atoms with van der Waals surface area (Å²) in [6.07, 6.45) is 3.09. The van der Waals surface area contributed by atoms with Gasteiger partial charge in [0.1, 0.15) is 11.5 Å². The van der Waals surface area contributed by atoms with Crippen LogP contribution in [-0.2, 0) is 13.1 Å². The van der Waals surface area contributed by atoms with Crippen molar-refractivity contribution in [2.45, 2.75) is 32.4 Å². The molecule has 1 aliphatic carbocycles. The molecule has 0 amide bonds. The van der Waals surface area contributed by atoms with E-state index < -0.39 is 0 Å². The molecule has 0 aromatic carbocycles. The number of pyridine rings is 1. The average molecular weight is 242 g/mol.